The molecule has 22 heavy (non-hydrogen) atoms. The van der Waals surface area contributed by atoms with Gasteiger partial charge in [0.2, 0.25) is 0 Å². The number of nitrogens with one attached hydrogen (secondary N) is 1. The van der Waals surface area contributed by atoms with Gasteiger partial charge in [-0.1, -0.05) is 50.6 Å². The second kappa shape index (κ2) is 5.76. The molecule has 2 rings (SSSR count). The van der Waals surface area contributed by atoms with Crippen molar-refractivity contribution in [2.24, 2.45) is 0 Å². The van der Waals surface area contributed by atoms with Crippen LogP contribution in [0, 0.1) is 13.8 Å². The second-order valence-electron chi connectivity index (χ2n) is 6.70. The molecule has 0 atom stereocenters. The highest BCUT2D eigenvalue weighted by molar-refractivity contribution is 7.92. The summed E-state index contributed by atoms with van der Waals surface area (Å²) in [4.78, 5) is 0.278. The molecule has 0 bridgehead atoms. The first-order valence-electron chi connectivity index (χ1n) is 7.30. The first kappa shape index (κ1) is 16.6. The minimum absolute atomic E-state index is 0.00324. The van der Waals surface area contributed by atoms with E-state index in [1.165, 1.54) is 0 Å². The summed E-state index contributed by atoms with van der Waals surface area (Å²) in [6.07, 6.45) is 0. The monoisotopic (exact) mass is 317 g/mol. The lowest BCUT2D eigenvalue weighted by Gasteiger charge is -2.19. The zero-order chi connectivity index (χ0) is 16.5. The molecule has 1 N–H and O–H groups in total. The minimum atomic E-state index is -3.56. The number of benzene rings is 2. The van der Waals surface area contributed by atoms with Gasteiger partial charge in [0.05, 0.1) is 10.6 Å². The van der Waals surface area contributed by atoms with Crippen LogP contribution in [0.3, 0.4) is 0 Å². The van der Waals surface area contributed by atoms with Gasteiger partial charge in [0.1, 0.15) is 0 Å². The third kappa shape index (κ3) is 3.69. The Bertz CT molecular complexity index is 770. The van der Waals surface area contributed by atoms with Crippen molar-refractivity contribution in [2.45, 2.75) is 44.9 Å². The lowest BCUT2D eigenvalue weighted by molar-refractivity contribution is 0.587. The van der Waals surface area contributed by atoms with Crippen LogP contribution < -0.4 is 4.72 Å². The van der Waals surface area contributed by atoms with Crippen molar-refractivity contribution in [1.29, 1.82) is 0 Å². The average Bonchev–Trinajstić information content (AvgIpc) is 2.41. The van der Waals surface area contributed by atoms with Crippen LogP contribution in [0.2, 0.25) is 0 Å². The van der Waals surface area contributed by atoms with Crippen molar-refractivity contribution >= 4 is 15.7 Å². The van der Waals surface area contributed by atoms with Crippen LogP contribution in [0.1, 0.15) is 37.5 Å². The van der Waals surface area contributed by atoms with Crippen LogP contribution >= 0.6 is 0 Å². The predicted molar refractivity (Wildman–Crippen MR) is 91.9 cm³/mol. The summed E-state index contributed by atoms with van der Waals surface area (Å²) in [6.45, 7) is 10.2. The van der Waals surface area contributed by atoms with Crippen molar-refractivity contribution in [3.05, 3.63) is 59.2 Å². The van der Waals surface area contributed by atoms with Gasteiger partial charge in [-0.05, 0) is 48.6 Å². The Morgan fingerprint density at radius 2 is 1.50 bits per heavy atom. The Morgan fingerprint density at radius 1 is 0.909 bits per heavy atom. The topological polar surface area (TPSA) is 46.2 Å². The van der Waals surface area contributed by atoms with Crippen molar-refractivity contribution < 1.29 is 8.42 Å². The maximum Gasteiger partial charge on any atom is 0.261 e. The molecule has 2 aromatic rings. The van der Waals surface area contributed by atoms with E-state index in [4.69, 9.17) is 0 Å². The SMILES string of the molecule is Cc1ccc(NS(=O)(=O)c2ccc(C(C)(C)C)cc2)c(C)c1. The molecule has 3 nitrogen and oxygen atoms in total. The molecule has 0 saturated carbocycles. The fourth-order valence-electron chi connectivity index (χ4n) is 2.27. The Labute approximate surface area is 133 Å². The van der Waals surface area contributed by atoms with Gasteiger partial charge in [0.25, 0.3) is 10.0 Å². The Hall–Kier alpha value is -1.81. The Balaban J connectivity index is 2.31. The molecule has 0 aliphatic heterocycles. The fraction of sp³-hybridized carbons (Fsp3) is 0.333. The summed E-state index contributed by atoms with van der Waals surface area (Å²) >= 11 is 0. The third-order valence-electron chi connectivity index (χ3n) is 3.66. The zero-order valence-electron chi connectivity index (χ0n) is 13.8. The lowest BCUT2D eigenvalue weighted by atomic mass is 9.87. The van der Waals surface area contributed by atoms with E-state index in [1.807, 2.05) is 38.1 Å². The zero-order valence-corrected chi connectivity index (χ0v) is 14.6. The summed E-state index contributed by atoms with van der Waals surface area (Å²) < 4.78 is 27.6. The molecule has 0 aliphatic carbocycles. The summed E-state index contributed by atoms with van der Waals surface area (Å²) in [6, 6.07) is 12.7. The molecular formula is C18H23NO2S. The van der Waals surface area contributed by atoms with Crippen LogP contribution in [-0.2, 0) is 15.4 Å². The molecular weight excluding hydrogens is 294 g/mol. The molecule has 2 aromatic carbocycles. The molecule has 0 fully saturated rings. The molecule has 0 spiro atoms. The molecule has 4 heteroatoms. The molecule has 0 unspecified atom stereocenters. The predicted octanol–water partition coefficient (Wildman–Crippen LogP) is 4.40. The van der Waals surface area contributed by atoms with Crippen LogP contribution in [-0.4, -0.2) is 8.42 Å². The third-order valence-corrected chi connectivity index (χ3v) is 5.04. The van der Waals surface area contributed by atoms with Crippen molar-refractivity contribution in [1.82, 2.24) is 0 Å². The summed E-state index contributed by atoms with van der Waals surface area (Å²) in [5, 5.41) is 0. The quantitative estimate of drug-likeness (QED) is 0.912. The van der Waals surface area contributed by atoms with E-state index >= 15 is 0 Å². The molecule has 0 aliphatic rings. The number of rotatable bonds is 3. The normalized spacial score (nSPS) is 12.2. The minimum Gasteiger partial charge on any atom is -0.279 e. The Kier molecular flexibility index (Phi) is 4.34. The number of anilines is 1. The summed E-state index contributed by atoms with van der Waals surface area (Å²) in [5.74, 6) is 0. The molecule has 0 radical (unpaired) electrons. The highest BCUT2D eigenvalue weighted by Gasteiger charge is 2.18. The van der Waals surface area contributed by atoms with Gasteiger partial charge in [-0.15, -0.1) is 0 Å². The Morgan fingerprint density at radius 3 is 2.00 bits per heavy atom. The molecule has 0 aromatic heterocycles. The molecule has 0 amide bonds. The highest BCUT2D eigenvalue weighted by Crippen LogP contribution is 2.25. The maximum atomic E-state index is 12.5. The average molecular weight is 317 g/mol. The number of sulfonamides is 1. The standard InChI is InChI=1S/C18H23NO2S/c1-13-6-11-17(14(2)12-13)19-22(20,21)16-9-7-15(8-10-16)18(3,4)5/h6-12,19H,1-5H3. The smallest absolute Gasteiger partial charge is 0.261 e. The largest absolute Gasteiger partial charge is 0.279 e. The first-order valence-corrected chi connectivity index (χ1v) is 8.78. The van der Waals surface area contributed by atoms with Gasteiger partial charge in [0, 0.05) is 0 Å². The van der Waals surface area contributed by atoms with Gasteiger partial charge in [-0.3, -0.25) is 4.72 Å². The van der Waals surface area contributed by atoms with E-state index < -0.39 is 10.0 Å². The lowest BCUT2D eigenvalue weighted by Crippen LogP contribution is -2.15. The van der Waals surface area contributed by atoms with Crippen LogP contribution in [0.25, 0.3) is 0 Å². The molecule has 0 heterocycles. The van der Waals surface area contributed by atoms with Gasteiger partial charge in [-0.25, -0.2) is 8.42 Å². The maximum absolute atomic E-state index is 12.5. The van der Waals surface area contributed by atoms with E-state index in [1.54, 1.807) is 18.2 Å². The fourth-order valence-corrected chi connectivity index (χ4v) is 3.40. The van der Waals surface area contributed by atoms with Crippen LogP contribution in [0.5, 0.6) is 0 Å². The van der Waals surface area contributed by atoms with Gasteiger partial charge >= 0.3 is 0 Å². The number of aryl methyl sites for hydroxylation is 2. The van der Waals surface area contributed by atoms with Crippen LogP contribution in [0.15, 0.2) is 47.4 Å². The first-order chi connectivity index (χ1) is 10.1. The number of hydrogen-bond acceptors (Lipinski definition) is 2. The van der Waals surface area contributed by atoms with Gasteiger partial charge in [0.15, 0.2) is 0 Å². The van der Waals surface area contributed by atoms with Gasteiger partial charge < -0.3 is 0 Å². The second-order valence-corrected chi connectivity index (χ2v) is 8.38. The summed E-state index contributed by atoms with van der Waals surface area (Å²) in [7, 11) is -3.56. The van der Waals surface area contributed by atoms with E-state index in [0.717, 1.165) is 16.7 Å². The van der Waals surface area contributed by atoms with E-state index in [2.05, 4.69) is 25.5 Å². The summed E-state index contributed by atoms with van der Waals surface area (Å²) in [5.41, 5.74) is 3.75. The van der Waals surface area contributed by atoms with Crippen molar-refractivity contribution in [2.75, 3.05) is 4.72 Å². The molecule has 0 saturated heterocycles. The van der Waals surface area contributed by atoms with E-state index in [-0.39, 0.29) is 10.3 Å². The van der Waals surface area contributed by atoms with Crippen LogP contribution in [0.4, 0.5) is 5.69 Å². The van der Waals surface area contributed by atoms with E-state index in [0.29, 0.717) is 5.69 Å². The number of hydrogen-bond donors (Lipinski definition) is 1. The van der Waals surface area contributed by atoms with Crippen molar-refractivity contribution in [3.63, 3.8) is 0 Å². The van der Waals surface area contributed by atoms with Gasteiger partial charge in [-0.2, -0.15) is 0 Å². The molecule has 118 valence electrons. The van der Waals surface area contributed by atoms with E-state index in [9.17, 15) is 8.42 Å². The highest BCUT2D eigenvalue weighted by atomic mass is 32.2. The van der Waals surface area contributed by atoms with Crippen molar-refractivity contribution in [3.8, 4) is 0 Å².